The van der Waals surface area contributed by atoms with Crippen LogP contribution in [-0.2, 0) is 18.8 Å². The van der Waals surface area contributed by atoms with Gasteiger partial charge in [0.1, 0.15) is 17.7 Å². The van der Waals surface area contributed by atoms with Gasteiger partial charge in [-0.15, -0.1) is 11.6 Å². The number of fused-ring (bicyclic) bond motifs is 1. The van der Waals surface area contributed by atoms with Crippen molar-refractivity contribution in [3.05, 3.63) is 65.0 Å². The summed E-state index contributed by atoms with van der Waals surface area (Å²) in [5.41, 5.74) is 3.27. The minimum atomic E-state index is -0.205. The lowest BCUT2D eigenvalue weighted by Crippen LogP contribution is -2.29. The number of nitrogens with one attached hydrogen (secondary N) is 1. The molecule has 2 aromatic carbocycles. The van der Waals surface area contributed by atoms with E-state index in [2.05, 4.69) is 17.4 Å². The summed E-state index contributed by atoms with van der Waals surface area (Å²) in [5, 5.41) is 3.38. The fourth-order valence-corrected chi connectivity index (χ4v) is 2.77. The molecule has 110 valence electrons. The van der Waals surface area contributed by atoms with Crippen molar-refractivity contribution in [3.63, 3.8) is 0 Å². The van der Waals surface area contributed by atoms with Gasteiger partial charge >= 0.3 is 0 Å². The van der Waals surface area contributed by atoms with Crippen molar-refractivity contribution in [1.29, 1.82) is 0 Å². The zero-order valence-electron chi connectivity index (χ0n) is 11.6. The number of halogens is 2. The van der Waals surface area contributed by atoms with Crippen LogP contribution in [0.15, 0.2) is 42.5 Å². The first-order valence-corrected chi connectivity index (χ1v) is 7.57. The van der Waals surface area contributed by atoms with Gasteiger partial charge in [-0.05, 0) is 29.3 Å². The van der Waals surface area contributed by atoms with E-state index >= 15 is 0 Å². The van der Waals surface area contributed by atoms with Gasteiger partial charge in [0.05, 0.1) is 0 Å². The fraction of sp³-hybridized carbons (Fsp3) is 0.294. The second-order valence-electron chi connectivity index (χ2n) is 5.28. The average molecular weight is 306 g/mol. The minimum absolute atomic E-state index is 0.0676. The molecule has 0 amide bonds. The normalized spacial score (nSPS) is 16.6. The van der Waals surface area contributed by atoms with Crippen LogP contribution in [0.2, 0.25) is 0 Å². The molecule has 3 rings (SSSR count). The molecule has 0 aliphatic carbocycles. The third kappa shape index (κ3) is 3.55. The highest BCUT2D eigenvalue weighted by Gasteiger charge is 2.22. The van der Waals surface area contributed by atoms with E-state index in [-0.39, 0.29) is 11.9 Å². The van der Waals surface area contributed by atoms with E-state index in [1.54, 1.807) is 12.1 Å². The summed E-state index contributed by atoms with van der Waals surface area (Å²) < 4.78 is 18.9. The standard InChI is InChI=1S/C17H17ClFNO/c18-9-12-2-1-3-13(6-12)10-20-11-16-8-14-7-15(19)4-5-17(14)21-16/h1-7,16,20H,8-11H2. The van der Waals surface area contributed by atoms with Crippen LogP contribution >= 0.6 is 11.6 Å². The molecule has 1 heterocycles. The Labute approximate surface area is 128 Å². The van der Waals surface area contributed by atoms with Crippen LogP contribution in [0.25, 0.3) is 0 Å². The van der Waals surface area contributed by atoms with Crippen molar-refractivity contribution in [2.24, 2.45) is 0 Å². The van der Waals surface area contributed by atoms with E-state index in [4.69, 9.17) is 16.3 Å². The van der Waals surface area contributed by atoms with Gasteiger partial charge in [0.25, 0.3) is 0 Å². The third-order valence-corrected chi connectivity index (χ3v) is 3.92. The summed E-state index contributed by atoms with van der Waals surface area (Å²) in [7, 11) is 0. The molecule has 4 heteroatoms. The number of hydrogen-bond acceptors (Lipinski definition) is 2. The van der Waals surface area contributed by atoms with E-state index in [1.165, 1.54) is 11.6 Å². The number of alkyl halides is 1. The molecule has 0 aromatic heterocycles. The van der Waals surface area contributed by atoms with Crippen LogP contribution in [0.5, 0.6) is 5.75 Å². The summed E-state index contributed by atoms with van der Waals surface area (Å²) >= 11 is 5.83. The Bertz CT molecular complexity index is 632. The molecule has 1 aliphatic heterocycles. The van der Waals surface area contributed by atoms with Crippen molar-refractivity contribution < 1.29 is 9.13 Å². The SMILES string of the molecule is Fc1ccc2c(c1)CC(CNCc1cccc(CCl)c1)O2. The first-order valence-electron chi connectivity index (χ1n) is 7.04. The van der Waals surface area contributed by atoms with Crippen LogP contribution < -0.4 is 10.1 Å². The number of hydrogen-bond donors (Lipinski definition) is 1. The molecule has 1 unspecified atom stereocenters. The largest absolute Gasteiger partial charge is 0.488 e. The summed E-state index contributed by atoms with van der Waals surface area (Å²) in [4.78, 5) is 0. The molecule has 21 heavy (non-hydrogen) atoms. The maximum atomic E-state index is 13.2. The highest BCUT2D eigenvalue weighted by atomic mass is 35.5. The number of rotatable bonds is 5. The molecule has 0 spiro atoms. The lowest BCUT2D eigenvalue weighted by Gasteiger charge is -2.12. The predicted octanol–water partition coefficient (Wildman–Crippen LogP) is 3.66. The predicted molar refractivity (Wildman–Crippen MR) is 82.2 cm³/mol. The lowest BCUT2D eigenvalue weighted by atomic mass is 10.1. The Morgan fingerprint density at radius 3 is 2.90 bits per heavy atom. The molecule has 1 aliphatic rings. The van der Waals surface area contributed by atoms with Gasteiger partial charge < -0.3 is 10.1 Å². The van der Waals surface area contributed by atoms with Gasteiger partial charge in [0.15, 0.2) is 0 Å². The summed E-state index contributed by atoms with van der Waals surface area (Å²) in [5.74, 6) is 1.12. The lowest BCUT2D eigenvalue weighted by molar-refractivity contribution is 0.227. The van der Waals surface area contributed by atoms with E-state index in [1.807, 2.05) is 12.1 Å². The van der Waals surface area contributed by atoms with Gasteiger partial charge in [-0.25, -0.2) is 4.39 Å². The maximum absolute atomic E-state index is 13.2. The van der Waals surface area contributed by atoms with Crippen molar-refractivity contribution in [2.45, 2.75) is 24.9 Å². The van der Waals surface area contributed by atoms with Gasteiger partial charge in [-0.1, -0.05) is 24.3 Å². The smallest absolute Gasteiger partial charge is 0.123 e. The number of benzene rings is 2. The zero-order chi connectivity index (χ0) is 14.7. The summed E-state index contributed by atoms with van der Waals surface area (Å²) in [6, 6.07) is 12.9. The van der Waals surface area contributed by atoms with Crippen LogP contribution in [0.3, 0.4) is 0 Å². The molecule has 1 atom stereocenters. The summed E-state index contributed by atoms with van der Waals surface area (Å²) in [6.07, 6.45) is 0.819. The molecule has 2 aromatic rings. The van der Waals surface area contributed by atoms with E-state index in [9.17, 15) is 4.39 Å². The van der Waals surface area contributed by atoms with Crippen molar-refractivity contribution in [2.75, 3.05) is 6.54 Å². The molecule has 1 N–H and O–H groups in total. The number of ether oxygens (including phenoxy) is 1. The van der Waals surface area contributed by atoms with Crippen LogP contribution in [-0.4, -0.2) is 12.6 Å². The molecule has 0 saturated heterocycles. The first kappa shape index (κ1) is 14.4. The molecular formula is C17H17ClFNO. The van der Waals surface area contributed by atoms with E-state index < -0.39 is 0 Å². The van der Waals surface area contributed by atoms with Gasteiger partial charge in [-0.2, -0.15) is 0 Å². The monoisotopic (exact) mass is 305 g/mol. The minimum Gasteiger partial charge on any atom is -0.488 e. The van der Waals surface area contributed by atoms with Crippen LogP contribution in [0.1, 0.15) is 16.7 Å². The van der Waals surface area contributed by atoms with Gasteiger partial charge in [0.2, 0.25) is 0 Å². The Balaban J connectivity index is 1.51. The van der Waals surface area contributed by atoms with Crippen LogP contribution in [0, 0.1) is 5.82 Å². The van der Waals surface area contributed by atoms with Crippen molar-refractivity contribution >= 4 is 11.6 Å². The second kappa shape index (κ2) is 6.46. The average Bonchev–Trinajstić information content (AvgIpc) is 2.89. The Hall–Kier alpha value is -1.58. The van der Waals surface area contributed by atoms with Gasteiger partial charge in [0, 0.05) is 31.0 Å². The molecule has 0 radical (unpaired) electrons. The summed E-state index contributed by atoms with van der Waals surface area (Å²) in [6.45, 7) is 1.51. The Morgan fingerprint density at radius 1 is 1.19 bits per heavy atom. The fourth-order valence-electron chi connectivity index (χ4n) is 2.60. The van der Waals surface area contributed by atoms with E-state index in [0.29, 0.717) is 5.88 Å². The van der Waals surface area contributed by atoms with Crippen molar-refractivity contribution in [3.8, 4) is 5.75 Å². The first-order chi connectivity index (χ1) is 10.2. The van der Waals surface area contributed by atoms with Crippen LogP contribution in [0.4, 0.5) is 4.39 Å². The molecule has 2 nitrogen and oxygen atoms in total. The third-order valence-electron chi connectivity index (χ3n) is 3.61. The quantitative estimate of drug-likeness (QED) is 0.851. The molecule has 0 fully saturated rings. The van der Waals surface area contributed by atoms with Gasteiger partial charge in [-0.3, -0.25) is 0 Å². The molecule has 0 saturated carbocycles. The Kier molecular flexibility index (Phi) is 4.42. The Morgan fingerprint density at radius 2 is 2.05 bits per heavy atom. The zero-order valence-corrected chi connectivity index (χ0v) is 12.4. The van der Waals surface area contributed by atoms with E-state index in [0.717, 1.165) is 36.4 Å². The second-order valence-corrected chi connectivity index (χ2v) is 5.55. The van der Waals surface area contributed by atoms with Crippen molar-refractivity contribution in [1.82, 2.24) is 5.32 Å². The highest BCUT2D eigenvalue weighted by Crippen LogP contribution is 2.28. The maximum Gasteiger partial charge on any atom is 0.123 e. The molecule has 0 bridgehead atoms. The molecular weight excluding hydrogens is 289 g/mol. The topological polar surface area (TPSA) is 21.3 Å². The highest BCUT2D eigenvalue weighted by molar-refractivity contribution is 6.17.